The zero-order valence-electron chi connectivity index (χ0n) is 4.36. The van der Waals surface area contributed by atoms with E-state index in [1.807, 2.05) is 19.0 Å². The largest absolute Gasteiger partial charge is 0.381 e. The standard InChI is InChI=1S/C5H10N/c1-5(2)6(3)4/h1-2H2,3-4H3. The third-order valence-corrected chi connectivity index (χ3v) is 0.632. The highest BCUT2D eigenvalue weighted by Crippen LogP contribution is 1.85. The highest BCUT2D eigenvalue weighted by atomic mass is 15.1. The first-order valence-electron chi connectivity index (χ1n) is 1.83. The average Bonchev–Trinajstić information content (AvgIpc) is 1.36. The van der Waals surface area contributed by atoms with Gasteiger partial charge in [-0.1, -0.05) is 6.58 Å². The second-order valence-corrected chi connectivity index (χ2v) is 1.46. The van der Waals surface area contributed by atoms with E-state index in [-0.39, 0.29) is 0 Å². The summed E-state index contributed by atoms with van der Waals surface area (Å²) in [7, 11) is 3.82. The van der Waals surface area contributed by atoms with Crippen molar-refractivity contribution in [2.75, 3.05) is 14.1 Å². The van der Waals surface area contributed by atoms with Crippen molar-refractivity contribution in [3.63, 3.8) is 0 Å². The van der Waals surface area contributed by atoms with Gasteiger partial charge < -0.3 is 4.90 Å². The molecule has 0 saturated heterocycles. The summed E-state index contributed by atoms with van der Waals surface area (Å²) in [6.07, 6.45) is 0. The Bertz CT molecular complexity index is 55.0. The number of rotatable bonds is 1. The lowest BCUT2D eigenvalue weighted by Crippen LogP contribution is -2.06. The monoisotopic (exact) mass is 84.1 g/mol. The van der Waals surface area contributed by atoms with Crippen molar-refractivity contribution in [1.29, 1.82) is 0 Å². The number of allylic oxidation sites excluding steroid dienone is 1. The molecule has 0 rings (SSSR count). The van der Waals surface area contributed by atoms with Crippen LogP contribution in [0, 0.1) is 6.92 Å². The van der Waals surface area contributed by atoms with Crippen LogP contribution in [-0.2, 0) is 0 Å². The Morgan fingerprint density at radius 1 is 1.50 bits per heavy atom. The van der Waals surface area contributed by atoms with Crippen molar-refractivity contribution in [2.24, 2.45) is 0 Å². The Balaban J connectivity index is 3.26. The van der Waals surface area contributed by atoms with E-state index >= 15 is 0 Å². The summed E-state index contributed by atoms with van der Waals surface area (Å²) >= 11 is 0. The smallest absolute Gasteiger partial charge is 0.00583 e. The van der Waals surface area contributed by atoms with Gasteiger partial charge in [0.25, 0.3) is 0 Å². The van der Waals surface area contributed by atoms with Gasteiger partial charge >= 0.3 is 0 Å². The van der Waals surface area contributed by atoms with Crippen LogP contribution in [0.25, 0.3) is 0 Å². The van der Waals surface area contributed by atoms with E-state index < -0.39 is 0 Å². The third kappa shape index (κ3) is 1.82. The molecule has 0 aromatic heterocycles. The van der Waals surface area contributed by atoms with Crippen molar-refractivity contribution in [2.45, 2.75) is 0 Å². The first-order valence-corrected chi connectivity index (χ1v) is 1.83. The van der Waals surface area contributed by atoms with Crippen LogP contribution in [0.4, 0.5) is 0 Å². The van der Waals surface area contributed by atoms with Crippen LogP contribution >= 0.6 is 0 Å². The maximum Gasteiger partial charge on any atom is 0.00583 e. The second-order valence-electron chi connectivity index (χ2n) is 1.46. The van der Waals surface area contributed by atoms with Crippen molar-refractivity contribution in [3.8, 4) is 0 Å². The Hall–Kier alpha value is -0.460. The molecular weight excluding hydrogens is 74.1 g/mol. The molecule has 0 spiro atoms. The zero-order chi connectivity index (χ0) is 5.15. The van der Waals surface area contributed by atoms with Crippen molar-refractivity contribution >= 4 is 0 Å². The molecule has 6 heavy (non-hydrogen) atoms. The van der Waals surface area contributed by atoms with Gasteiger partial charge in [-0.2, -0.15) is 0 Å². The van der Waals surface area contributed by atoms with Gasteiger partial charge in [0.05, 0.1) is 0 Å². The quantitative estimate of drug-likeness (QED) is 0.456. The fourth-order valence-electron chi connectivity index (χ4n) is 0. The third-order valence-electron chi connectivity index (χ3n) is 0.632. The number of nitrogens with zero attached hydrogens (tertiary/aromatic N) is 1. The summed E-state index contributed by atoms with van der Waals surface area (Å²) in [4.78, 5) is 1.86. The maximum atomic E-state index is 3.57. The van der Waals surface area contributed by atoms with E-state index in [1.54, 1.807) is 0 Å². The van der Waals surface area contributed by atoms with Gasteiger partial charge in [-0.15, -0.1) is 0 Å². The molecule has 0 heterocycles. The van der Waals surface area contributed by atoms with Crippen LogP contribution in [0.3, 0.4) is 0 Å². The minimum Gasteiger partial charge on any atom is -0.381 e. The van der Waals surface area contributed by atoms with Crippen LogP contribution in [0.15, 0.2) is 12.3 Å². The highest BCUT2D eigenvalue weighted by molar-refractivity contribution is 4.93. The molecule has 0 aliphatic carbocycles. The van der Waals surface area contributed by atoms with E-state index in [4.69, 9.17) is 0 Å². The SMILES string of the molecule is [CH2]C(=C)N(C)C. The molecule has 0 atom stereocenters. The Kier molecular flexibility index (Phi) is 1.71. The van der Waals surface area contributed by atoms with E-state index in [0.29, 0.717) is 0 Å². The van der Waals surface area contributed by atoms with Gasteiger partial charge in [-0.3, -0.25) is 0 Å². The molecule has 1 radical (unpaired) electrons. The number of hydrogen-bond acceptors (Lipinski definition) is 1. The van der Waals surface area contributed by atoms with Crippen LogP contribution in [0.2, 0.25) is 0 Å². The molecule has 0 bridgehead atoms. The van der Waals surface area contributed by atoms with Crippen molar-refractivity contribution in [1.82, 2.24) is 4.90 Å². The van der Waals surface area contributed by atoms with E-state index in [9.17, 15) is 0 Å². The summed E-state index contributed by atoms with van der Waals surface area (Å²) in [6.45, 7) is 7.14. The summed E-state index contributed by atoms with van der Waals surface area (Å²) in [5.74, 6) is 0. The topological polar surface area (TPSA) is 3.24 Å². The minimum atomic E-state index is 0.843. The summed E-state index contributed by atoms with van der Waals surface area (Å²) in [6, 6.07) is 0. The molecule has 1 nitrogen and oxygen atoms in total. The highest BCUT2D eigenvalue weighted by Gasteiger charge is 1.79. The van der Waals surface area contributed by atoms with Crippen LogP contribution in [-0.4, -0.2) is 19.0 Å². The molecule has 0 fully saturated rings. The van der Waals surface area contributed by atoms with Gasteiger partial charge in [-0.05, 0) is 6.92 Å². The molecule has 0 amide bonds. The van der Waals surface area contributed by atoms with E-state index in [2.05, 4.69) is 13.5 Å². The molecular formula is C5H10N. The average molecular weight is 84.1 g/mol. The minimum absolute atomic E-state index is 0.843. The van der Waals surface area contributed by atoms with Gasteiger partial charge in [0, 0.05) is 19.8 Å². The van der Waals surface area contributed by atoms with Gasteiger partial charge in [0.15, 0.2) is 0 Å². The van der Waals surface area contributed by atoms with Crippen LogP contribution < -0.4 is 0 Å². The lowest BCUT2D eigenvalue weighted by Gasteiger charge is -2.08. The predicted molar refractivity (Wildman–Crippen MR) is 28.2 cm³/mol. The molecule has 0 unspecified atom stereocenters. The molecule has 0 N–H and O–H groups in total. The first kappa shape index (κ1) is 5.54. The normalized spacial score (nSPS) is 7.83. The number of hydrogen-bond donors (Lipinski definition) is 0. The first-order chi connectivity index (χ1) is 2.64. The van der Waals surface area contributed by atoms with Gasteiger partial charge in [-0.25, -0.2) is 0 Å². The molecule has 0 aliphatic rings. The zero-order valence-corrected chi connectivity index (χ0v) is 4.36. The summed E-state index contributed by atoms with van der Waals surface area (Å²) in [5.41, 5.74) is 0.843. The van der Waals surface area contributed by atoms with Crippen LogP contribution in [0.5, 0.6) is 0 Å². The van der Waals surface area contributed by atoms with Crippen LogP contribution in [0.1, 0.15) is 0 Å². The molecule has 0 aromatic rings. The lowest BCUT2D eigenvalue weighted by molar-refractivity contribution is 0.531. The van der Waals surface area contributed by atoms with Gasteiger partial charge in [0.1, 0.15) is 0 Å². The molecule has 0 aliphatic heterocycles. The van der Waals surface area contributed by atoms with E-state index in [0.717, 1.165) is 5.70 Å². The Morgan fingerprint density at radius 3 is 1.67 bits per heavy atom. The lowest BCUT2D eigenvalue weighted by atomic mass is 10.5. The predicted octanol–water partition coefficient (Wildman–Crippen LogP) is 0.896. The molecule has 1 heteroatoms. The fourth-order valence-corrected chi connectivity index (χ4v) is 0. The Labute approximate surface area is 39.3 Å². The second kappa shape index (κ2) is 1.85. The summed E-state index contributed by atoms with van der Waals surface area (Å²) < 4.78 is 0. The molecule has 0 aromatic carbocycles. The molecule has 35 valence electrons. The maximum absolute atomic E-state index is 3.57. The van der Waals surface area contributed by atoms with E-state index in [1.165, 1.54) is 0 Å². The summed E-state index contributed by atoms with van der Waals surface area (Å²) in [5, 5.41) is 0. The van der Waals surface area contributed by atoms with Crippen molar-refractivity contribution in [3.05, 3.63) is 19.2 Å². The van der Waals surface area contributed by atoms with Crippen molar-refractivity contribution < 1.29 is 0 Å². The Morgan fingerprint density at radius 2 is 1.67 bits per heavy atom. The molecule has 0 saturated carbocycles. The van der Waals surface area contributed by atoms with Gasteiger partial charge in [0.2, 0.25) is 0 Å². The fraction of sp³-hybridized carbons (Fsp3) is 0.400.